The number of carbonyl (C=O) groups excluding carboxylic acids is 1. The molecule has 1 aliphatic heterocycles. The third-order valence-corrected chi connectivity index (χ3v) is 7.66. The number of methoxy groups -OCH3 is 1. The van der Waals surface area contributed by atoms with Gasteiger partial charge in [-0.1, -0.05) is 0 Å². The molecule has 2 saturated carbocycles. The number of anilines is 3. The number of carbonyl (C=O) groups is 1. The molecule has 11 nitrogen and oxygen atoms in total. The number of ether oxygens (including phenoxy) is 2. The van der Waals surface area contributed by atoms with Crippen LogP contribution in [0, 0.1) is 0 Å². The van der Waals surface area contributed by atoms with E-state index in [1.165, 1.54) is 10.9 Å². The van der Waals surface area contributed by atoms with Crippen molar-refractivity contribution >= 4 is 34.4 Å². The van der Waals surface area contributed by atoms with Gasteiger partial charge >= 0.3 is 6.03 Å². The molecule has 11 heteroatoms. The third-order valence-electron chi connectivity index (χ3n) is 7.66. The van der Waals surface area contributed by atoms with Gasteiger partial charge in [0.25, 0.3) is 5.56 Å². The van der Waals surface area contributed by atoms with Crippen LogP contribution in [0.2, 0.25) is 0 Å². The maximum atomic E-state index is 13.7. The van der Waals surface area contributed by atoms with E-state index in [0.717, 1.165) is 44.1 Å². The van der Waals surface area contributed by atoms with Gasteiger partial charge in [0.15, 0.2) is 5.65 Å². The van der Waals surface area contributed by atoms with Crippen molar-refractivity contribution in [3.8, 4) is 0 Å². The van der Waals surface area contributed by atoms with Crippen LogP contribution >= 0.6 is 0 Å². The minimum absolute atomic E-state index is 0.0519. The number of hydrogen-bond acceptors (Lipinski definition) is 8. The first-order valence-corrected chi connectivity index (χ1v) is 12.6. The fourth-order valence-electron chi connectivity index (χ4n) is 5.48. The Kier molecular flexibility index (Phi) is 5.88. The van der Waals surface area contributed by atoms with Crippen LogP contribution in [-0.2, 0) is 16.1 Å². The topological polar surface area (TPSA) is 124 Å². The van der Waals surface area contributed by atoms with E-state index in [2.05, 4.69) is 25.9 Å². The lowest BCUT2D eigenvalue weighted by molar-refractivity contribution is -0.0325. The number of rotatable bonds is 3. The Bertz CT molecular complexity index is 1370. The number of nitrogens with zero attached hydrogens (tertiary/aromatic N) is 4. The Hall–Kier alpha value is -3.44. The van der Waals surface area contributed by atoms with Gasteiger partial charge in [-0.25, -0.2) is 19.3 Å². The second-order valence-electron chi connectivity index (χ2n) is 9.85. The third kappa shape index (κ3) is 4.01. The number of pyridine rings is 2. The molecule has 0 radical (unpaired) electrons. The summed E-state index contributed by atoms with van der Waals surface area (Å²) in [6.45, 7) is 0.344. The lowest BCUT2D eigenvalue weighted by Gasteiger charge is -2.37. The number of amides is 1. The maximum absolute atomic E-state index is 13.7. The van der Waals surface area contributed by atoms with Crippen molar-refractivity contribution in [2.24, 2.45) is 0 Å². The molecule has 3 aromatic rings. The first-order chi connectivity index (χ1) is 17.5. The quantitative estimate of drug-likeness (QED) is 0.508. The van der Waals surface area contributed by atoms with Gasteiger partial charge in [-0.3, -0.25) is 4.79 Å². The number of imidazole rings is 1. The molecule has 4 atom stereocenters. The minimum Gasteiger partial charge on any atom is -0.386 e. The van der Waals surface area contributed by atoms with E-state index < -0.39 is 0 Å². The van der Waals surface area contributed by atoms with Crippen LogP contribution in [0.25, 0.3) is 11.2 Å². The normalized spacial score (nSPS) is 25.9. The maximum Gasteiger partial charge on any atom is 0.328 e. The fraction of sp³-hybridized carbons (Fsp3) is 0.520. The molecule has 0 saturated heterocycles. The molecule has 3 N–H and O–H groups in total. The smallest absolute Gasteiger partial charge is 0.328 e. The van der Waals surface area contributed by atoms with Gasteiger partial charge in [-0.05, 0) is 50.2 Å². The van der Waals surface area contributed by atoms with Crippen molar-refractivity contribution in [2.45, 2.75) is 69.4 Å². The standard InChI is InChI=1S/C25H31N7O4/c1-26-18-10-21-28-19-8-14(11-31(24(19)33)15-4-3-5-16(9-15)35-2)12-36-20-7-6-17(20)29-25(34)32-13-27-22(18)23(32)30-21/h8,10-11,13,15-17,20H,3-7,9,12H2,1-2H3,(H,29,34)(H2,26,28,30)/t15-,16-,17+,20+/m0/s1. The highest BCUT2D eigenvalue weighted by Crippen LogP contribution is 2.32. The minimum atomic E-state index is -0.301. The van der Waals surface area contributed by atoms with E-state index in [-0.39, 0.29) is 35.9 Å². The van der Waals surface area contributed by atoms with Gasteiger partial charge in [0.1, 0.15) is 23.3 Å². The second-order valence-corrected chi connectivity index (χ2v) is 9.85. The Morgan fingerprint density at radius 3 is 2.86 bits per heavy atom. The number of nitrogens with one attached hydrogen (secondary N) is 3. The highest BCUT2D eigenvalue weighted by molar-refractivity contribution is 5.94. The number of aromatic nitrogens is 4. The van der Waals surface area contributed by atoms with Gasteiger partial charge in [0, 0.05) is 32.5 Å². The molecule has 3 aliphatic rings. The average Bonchev–Trinajstić information content (AvgIpc) is 3.31. The predicted octanol–water partition coefficient (Wildman–Crippen LogP) is 3.13. The summed E-state index contributed by atoms with van der Waals surface area (Å²) in [5, 5.41) is 9.41. The first kappa shape index (κ1) is 23.0. The molecule has 6 rings (SSSR count). The molecule has 0 spiro atoms. The van der Waals surface area contributed by atoms with Crippen LogP contribution in [0.3, 0.4) is 0 Å². The molecular formula is C25H31N7O4. The van der Waals surface area contributed by atoms with Crippen molar-refractivity contribution < 1.29 is 14.3 Å². The summed E-state index contributed by atoms with van der Waals surface area (Å²) in [5.41, 5.74) is 2.88. The summed E-state index contributed by atoms with van der Waals surface area (Å²) in [6.07, 6.45) is 8.89. The Labute approximate surface area is 208 Å². The molecule has 4 bridgehead atoms. The summed E-state index contributed by atoms with van der Waals surface area (Å²) in [6, 6.07) is 3.30. The summed E-state index contributed by atoms with van der Waals surface area (Å²) in [5.74, 6) is 0.445. The van der Waals surface area contributed by atoms with E-state index in [4.69, 9.17) is 9.47 Å². The van der Waals surface area contributed by atoms with Crippen LogP contribution in [0.15, 0.2) is 29.5 Å². The molecule has 36 heavy (non-hydrogen) atoms. The van der Waals surface area contributed by atoms with Gasteiger partial charge in [0.05, 0.1) is 30.5 Å². The Morgan fingerprint density at radius 2 is 2.08 bits per heavy atom. The summed E-state index contributed by atoms with van der Waals surface area (Å²) < 4.78 is 15.1. The lowest BCUT2D eigenvalue weighted by atomic mass is 9.89. The lowest BCUT2D eigenvalue weighted by Crippen LogP contribution is -2.52. The van der Waals surface area contributed by atoms with Crippen molar-refractivity contribution in [3.05, 3.63) is 40.6 Å². The van der Waals surface area contributed by atoms with Gasteiger partial charge < -0.3 is 30.0 Å². The molecule has 190 valence electrons. The van der Waals surface area contributed by atoms with Crippen LogP contribution in [-0.4, -0.2) is 57.5 Å². The molecule has 0 unspecified atom stereocenters. The zero-order valence-corrected chi connectivity index (χ0v) is 20.5. The Balaban J connectivity index is 1.47. The van der Waals surface area contributed by atoms with Crippen molar-refractivity contribution in [1.82, 2.24) is 24.4 Å². The molecule has 4 heterocycles. The SMILES string of the molecule is CNc1cc2nc3c1ncn3C(=O)N[C@@H]1CC[C@H]1OCc1cc(c(=O)n([C@H]3CCC[C@H](OC)C3)c1)N2. The molecule has 2 fully saturated rings. The van der Waals surface area contributed by atoms with Crippen LogP contribution < -0.4 is 21.5 Å². The van der Waals surface area contributed by atoms with E-state index >= 15 is 0 Å². The highest BCUT2D eigenvalue weighted by Gasteiger charge is 2.34. The monoisotopic (exact) mass is 493 g/mol. The van der Waals surface area contributed by atoms with E-state index in [0.29, 0.717) is 35.0 Å². The largest absolute Gasteiger partial charge is 0.386 e. The van der Waals surface area contributed by atoms with Gasteiger partial charge in [-0.15, -0.1) is 0 Å². The van der Waals surface area contributed by atoms with Crippen LogP contribution in [0.5, 0.6) is 0 Å². The molecule has 0 aromatic carbocycles. The highest BCUT2D eigenvalue weighted by atomic mass is 16.5. The first-order valence-electron chi connectivity index (χ1n) is 12.6. The zero-order valence-electron chi connectivity index (χ0n) is 20.5. The van der Waals surface area contributed by atoms with Crippen molar-refractivity contribution in [3.63, 3.8) is 0 Å². The zero-order chi connectivity index (χ0) is 24.8. The molecular weight excluding hydrogens is 462 g/mol. The molecule has 3 aromatic heterocycles. The molecule has 1 amide bonds. The number of hydrogen-bond donors (Lipinski definition) is 3. The van der Waals surface area contributed by atoms with Crippen LogP contribution in [0.4, 0.5) is 22.0 Å². The molecule has 2 aliphatic carbocycles. The average molecular weight is 494 g/mol. The van der Waals surface area contributed by atoms with Crippen molar-refractivity contribution in [1.29, 1.82) is 0 Å². The van der Waals surface area contributed by atoms with E-state index in [1.54, 1.807) is 20.2 Å². The fourth-order valence-corrected chi connectivity index (χ4v) is 5.48. The van der Waals surface area contributed by atoms with Crippen molar-refractivity contribution in [2.75, 3.05) is 24.8 Å². The Morgan fingerprint density at radius 1 is 1.19 bits per heavy atom. The number of fused-ring (bicyclic) bond motifs is 4. The van der Waals surface area contributed by atoms with Gasteiger partial charge in [-0.2, -0.15) is 0 Å². The van der Waals surface area contributed by atoms with E-state index in [9.17, 15) is 9.59 Å². The summed E-state index contributed by atoms with van der Waals surface area (Å²) in [4.78, 5) is 35.8. The van der Waals surface area contributed by atoms with Gasteiger partial charge in [0.2, 0.25) is 0 Å². The van der Waals surface area contributed by atoms with Crippen LogP contribution in [0.1, 0.15) is 50.1 Å². The summed E-state index contributed by atoms with van der Waals surface area (Å²) in [7, 11) is 3.52. The summed E-state index contributed by atoms with van der Waals surface area (Å²) >= 11 is 0. The van der Waals surface area contributed by atoms with E-state index in [1.807, 2.05) is 16.8 Å². The predicted molar refractivity (Wildman–Crippen MR) is 135 cm³/mol. The second kappa shape index (κ2) is 9.21.